The van der Waals surface area contributed by atoms with Crippen LogP contribution < -0.4 is 0 Å². The predicted molar refractivity (Wildman–Crippen MR) is 78.0 cm³/mol. The number of rotatable bonds is 10. The molecule has 0 spiro atoms. The summed E-state index contributed by atoms with van der Waals surface area (Å²) >= 11 is 0. The molecular weight excluding hydrogens is 280 g/mol. The fourth-order valence-corrected chi connectivity index (χ4v) is 3.64. The third kappa shape index (κ3) is 6.84. The van der Waals surface area contributed by atoms with E-state index in [9.17, 15) is 18.0 Å². The van der Waals surface area contributed by atoms with Crippen molar-refractivity contribution in [3.8, 4) is 0 Å². The SMILES string of the molecule is C=CC(CCC(C)C)S(=O)(=O)CC(C=O)CC(=O)OC. The molecule has 0 saturated heterocycles. The molecule has 0 aromatic heterocycles. The van der Waals surface area contributed by atoms with Crippen LogP contribution >= 0.6 is 0 Å². The van der Waals surface area contributed by atoms with E-state index in [1.165, 1.54) is 13.2 Å². The molecule has 0 heterocycles. The monoisotopic (exact) mass is 304 g/mol. The van der Waals surface area contributed by atoms with Gasteiger partial charge in [-0.05, 0) is 18.8 Å². The van der Waals surface area contributed by atoms with Crippen LogP contribution in [0.1, 0.15) is 33.1 Å². The lowest BCUT2D eigenvalue weighted by atomic mass is 10.1. The summed E-state index contributed by atoms with van der Waals surface area (Å²) in [6.07, 6.45) is 2.92. The van der Waals surface area contributed by atoms with Gasteiger partial charge >= 0.3 is 5.97 Å². The number of hydrogen-bond acceptors (Lipinski definition) is 5. The minimum absolute atomic E-state index is 0.215. The number of hydrogen-bond donors (Lipinski definition) is 0. The number of carbonyl (C=O) groups excluding carboxylic acids is 2. The van der Waals surface area contributed by atoms with Crippen LogP contribution in [-0.4, -0.2) is 38.8 Å². The third-order valence-corrected chi connectivity index (χ3v) is 5.29. The summed E-state index contributed by atoms with van der Waals surface area (Å²) in [4.78, 5) is 22.0. The lowest BCUT2D eigenvalue weighted by Crippen LogP contribution is -2.28. The Morgan fingerprint density at radius 3 is 2.30 bits per heavy atom. The van der Waals surface area contributed by atoms with Crippen molar-refractivity contribution in [3.63, 3.8) is 0 Å². The summed E-state index contributed by atoms with van der Waals surface area (Å²) in [7, 11) is -2.29. The van der Waals surface area contributed by atoms with Crippen molar-refractivity contribution in [2.45, 2.75) is 38.4 Å². The van der Waals surface area contributed by atoms with Crippen LogP contribution in [0.15, 0.2) is 12.7 Å². The summed E-state index contributed by atoms with van der Waals surface area (Å²) in [6, 6.07) is 0. The van der Waals surface area contributed by atoms with Gasteiger partial charge in [0.15, 0.2) is 9.84 Å². The van der Waals surface area contributed by atoms with E-state index in [0.29, 0.717) is 18.6 Å². The average molecular weight is 304 g/mol. The summed E-state index contributed by atoms with van der Waals surface area (Å²) < 4.78 is 28.9. The molecule has 0 aromatic carbocycles. The van der Waals surface area contributed by atoms with E-state index in [4.69, 9.17) is 0 Å². The van der Waals surface area contributed by atoms with Crippen LogP contribution in [0.25, 0.3) is 0 Å². The highest BCUT2D eigenvalue weighted by molar-refractivity contribution is 7.92. The molecule has 5 nitrogen and oxygen atoms in total. The van der Waals surface area contributed by atoms with E-state index in [-0.39, 0.29) is 12.2 Å². The van der Waals surface area contributed by atoms with Crippen molar-refractivity contribution < 1.29 is 22.7 Å². The van der Waals surface area contributed by atoms with Crippen LogP contribution in [0.5, 0.6) is 0 Å². The highest BCUT2D eigenvalue weighted by Gasteiger charge is 2.27. The molecule has 0 rings (SSSR count). The molecule has 0 aromatic rings. The Bertz CT molecular complexity index is 425. The van der Waals surface area contributed by atoms with Gasteiger partial charge in [0, 0.05) is 5.92 Å². The first kappa shape index (κ1) is 18.8. The van der Waals surface area contributed by atoms with Crippen LogP contribution in [0.4, 0.5) is 0 Å². The summed E-state index contributed by atoms with van der Waals surface area (Å²) in [5.41, 5.74) is 0. The van der Waals surface area contributed by atoms with Gasteiger partial charge in [-0.3, -0.25) is 4.79 Å². The van der Waals surface area contributed by atoms with E-state index >= 15 is 0 Å². The van der Waals surface area contributed by atoms with E-state index in [1.54, 1.807) is 0 Å². The van der Waals surface area contributed by atoms with E-state index < -0.39 is 27.0 Å². The highest BCUT2D eigenvalue weighted by Crippen LogP contribution is 2.18. The van der Waals surface area contributed by atoms with Gasteiger partial charge < -0.3 is 9.53 Å². The number of methoxy groups -OCH3 is 1. The van der Waals surface area contributed by atoms with Gasteiger partial charge in [-0.15, -0.1) is 6.58 Å². The first-order valence-corrected chi connectivity index (χ1v) is 8.34. The summed E-state index contributed by atoms with van der Waals surface area (Å²) in [5, 5.41) is -0.676. The second-order valence-corrected chi connectivity index (χ2v) is 7.52. The third-order valence-electron chi connectivity index (χ3n) is 3.05. The fraction of sp³-hybridized carbons (Fsp3) is 0.714. The minimum Gasteiger partial charge on any atom is -0.469 e. The van der Waals surface area contributed by atoms with E-state index in [2.05, 4.69) is 11.3 Å². The molecule has 0 N–H and O–H groups in total. The minimum atomic E-state index is -3.49. The molecule has 0 aliphatic rings. The van der Waals surface area contributed by atoms with Crippen molar-refractivity contribution in [3.05, 3.63) is 12.7 Å². The molecule has 0 fully saturated rings. The standard InChI is InChI=1S/C14H24O5S/c1-5-13(7-6-11(2)3)20(17,18)10-12(9-15)8-14(16)19-4/h5,9,11-13H,1,6-8,10H2,2-4H3. The molecule has 20 heavy (non-hydrogen) atoms. The van der Waals surface area contributed by atoms with Crippen molar-refractivity contribution >= 4 is 22.1 Å². The molecule has 0 aliphatic carbocycles. The topological polar surface area (TPSA) is 77.5 Å². The molecular formula is C14H24O5S. The van der Waals surface area contributed by atoms with Gasteiger partial charge in [-0.1, -0.05) is 19.9 Å². The lowest BCUT2D eigenvalue weighted by Gasteiger charge is -2.17. The van der Waals surface area contributed by atoms with Gasteiger partial charge in [0.1, 0.15) is 6.29 Å². The van der Waals surface area contributed by atoms with E-state index in [1.807, 2.05) is 13.8 Å². The first-order chi connectivity index (χ1) is 9.26. The molecule has 116 valence electrons. The van der Waals surface area contributed by atoms with Crippen molar-refractivity contribution in [2.75, 3.05) is 12.9 Å². The highest BCUT2D eigenvalue weighted by atomic mass is 32.2. The second kappa shape index (κ2) is 8.89. The van der Waals surface area contributed by atoms with Crippen LogP contribution in [-0.2, 0) is 24.2 Å². The Morgan fingerprint density at radius 2 is 1.90 bits per heavy atom. The quantitative estimate of drug-likeness (QED) is 0.349. The Morgan fingerprint density at radius 1 is 1.30 bits per heavy atom. The molecule has 0 radical (unpaired) electrons. The van der Waals surface area contributed by atoms with Gasteiger partial charge in [0.05, 0.1) is 24.5 Å². The van der Waals surface area contributed by atoms with Gasteiger partial charge in [-0.2, -0.15) is 0 Å². The van der Waals surface area contributed by atoms with Crippen LogP contribution in [0.3, 0.4) is 0 Å². The zero-order chi connectivity index (χ0) is 15.8. The smallest absolute Gasteiger partial charge is 0.306 e. The molecule has 0 bridgehead atoms. The van der Waals surface area contributed by atoms with Crippen LogP contribution in [0.2, 0.25) is 0 Å². The lowest BCUT2D eigenvalue weighted by molar-refractivity contribution is -0.142. The van der Waals surface area contributed by atoms with Gasteiger partial charge in [-0.25, -0.2) is 8.42 Å². The Labute approximate surface area is 121 Å². The maximum atomic E-state index is 12.2. The number of carbonyl (C=O) groups is 2. The number of sulfone groups is 1. The Kier molecular flexibility index (Phi) is 8.37. The molecule has 6 heteroatoms. The Balaban J connectivity index is 4.78. The van der Waals surface area contributed by atoms with Crippen molar-refractivity contribution in [2.24, 2.45) is 11.8 Å². The molecule has 0 saturated carbocycles. The summed E-state index contributed by atoms with van der Waals surface area (Å²) in [6.45, 7) is 7.58. The zero-order valence-electron chi connectivity index (χ0n) is 12.4. The largest absolute Gasteiger partial charge is 0.469 e. The maximum Gasteiger partial charge on any atom is 0.306 e. The molecule has 0 aliphatic heterocycles. The van der Waals surface area contributed by atoms with Gasteiger partial charge in [0.25, 0.3) is 0 Å². The predicted octanol–water partition coefficient (Wildman–Crippen LogP) is 1.77. The van der Waals surface area contributed by atoms with E-state index in [0.717, 1.165) is 6.42 Å². The number of ether oxygens (including phenoxy) is 1. The molecule has 2 atom stereocenters. The summed E-state index contributed by atoms with van der Waals surface area (Å²) in [5.74, 6) is -1.41. The van der Waals surface area contributed by atoms with Crippen molar-refractivity contribution in [1.82, 2.24) is 0 Å². The van der Waals surface area contributed by atoms with Crippen LogP contribution in [0, 0.1) is 11.8 Å². The second-order valence-electron chi connectivity index (χ2n) is 5.25. The number of esters is 1. The average Bonchev–Trinajstić information content (AvgIpc) is 2.37. The number of aldehydes is 1. The molecule has 0 amide bonds. The van der Waals surface area contributed by atoms with Gasteiger partial charge in [0.2, 0.25) is 0 Å². The fourth-order valence-electron chi connectivity index (χ4n) is 1.81. The first-order valence-electron chi connectivity index (χ1n) is 6.63. The molecule has 2 unspecified atom stereocenters. The Hall–Kier alpha value is -1.17. The maximum absolute atomic E-state index is 12.2. The normalized spacial score (nSPS) is 14.6. The van der Waals surface area contributed by atoms with Crippen molar-refractivity contribution in [1.29, 1.82) is 0 Å². The zero-order valence-corrected chi connectivity index (χ0v) is 13.2.